The third-order valence-corrected chi connectivity index (χ3v) is 14.3. The van der Waals surface area contributed by atoms with Gasteiger partial charge in [0.1, 0.15) is 40.9 Å². The van der Waals surface area contributed by atoms with Crippen molar-refractivity contribution in [3.63, 3.8) is 0 Å². The van der Waals surface area contributed by atoms with E-state index in [0.717, 1.165) is 61.5 Å². The Labute approximate surface area is 361 Å². The number of rotatable bonds is 18. The first-order valence-corrected chi connectivity index (χ1v) is 23.3. The molecule has 1 saturated heterocycles. The zero-order chi connectivity index (χ0) is 43.6. The topological polar surface area (TPSA) is 199 Å². The van der Waals surface area contributed by atoms with Gasteiger partial charge in [-0.1, -0.05) is 67.0 Å². The van der Waals surface area contributed by atoms with Crippen LogP contribution in [0.3, 0.4) is 0 Å². The molecule has 328 valence electrons. The van der Waals surface area contributed by atoms with Gasteiger partial charge in [0.05, 0.1) is 11.8 Å². The van der Waals surface area contributed by atoms with E-state index in [1.54, 1.807) is 0 Å². The number of aromatic nitrogens is 2. The van der Waals surface area contributed by atoms with Gasteiger partial charge in [0.15, 0.2) is 5.82 Å². The van der Waals surface area contributed by atoms with Crippen molar-refractivity contribution >= 4 is 55.9 Å². The van der Waals surface area contributed by atoms with E-state index in [-0.39, 0.29) is 37.8 Å². The number of likely N-dealkylation sites (tertiary alicyclic amines) is 1. The van der Waals surface area contributed by atoms with Crippen molar-refractivity contribution in [3.8, 4) is 17.3 Å². The molecule has 3 aliphatic carbocycles. The number of nitrogens with zero attached hydrogens (tertiary/aromatic N) is 3. The number of carbonyl (C=O) groups excluding carboxylic acids is 4. The van der Waals surface area contributed by atoms with Crippen LogP contribution in [0.15, 0.2) is 78.3 Å². The van der Waals surface area contributed by atoms with Crippen molar-refractivity contribution in [2.24, 2.45) is 5.92 Å². The van der Waals surface area contributed by atoms with Crippen LogP contribution in [0.4, 0.5) is 4.79 Å². The molecule has 5 atom stereocenters. The summed E-state index contributed by atoms with van der Waals surface area (Å²) in [5.74, 6) is -2.09. The van der Waals surface area contributed by atoms with Crippen LogP contribution in [0, 0.1) is 12.8 Å². The molecule has 3 N–H and O–H groups in total. The lowest BCUT2D eigenvalue weighted by Gasteiger charge is -2.30. The molecule has 0 radical (unpaired) electrons. The third kappa shape index (κ3) is 9.20. The highest BCUT2D eigenvalue weighted by Crippen LogP contribution is 2.46. The number of amides is 4. The van der Waals surface area contributed by atoms with Gasteiger partial charge in [-0.2, -0.15) is 4.98 Å². The molecule has 4 aromatic rings. The molecule has 3 saturated carbocycles. The number of hydrogen-bond donors (Lipinski definition) is 3. The first-order chi connectivity index (χ1) is 29.9. The molecule has 16 heteroatoms. The molecule has 2 aromatic carbocycles. The number of unbranched alkanes of at least 4 members (excludes halogenated alkanes) is 3. The lowest BCUT2D eigenvalue weighted by atomic mass is 10.0. The van der Waals surface area contributed by atoms with E-state index in [1.807, 2.05) is 61.5 Å². The van der Waals surface area contributed by atoms with Gasteiger partial charge in [0.25, 0.3) is 11.8 Å². The average Bonchev–Trinajstić information content (AvgIpc) is 4.08. The third-order valence-electron chi connectivity index (χ3n) is 12.4. The van der Waals surface area contributed by atoms with E-state index in [2.05, 4.69) is 28.5 Å². The SMILES string of the molecule is C=CCCCCC[C@H](NC(=O)OC1CCCC1)C(=O)N1C[C@H](Oc2nc(-c3ccc(C)cc3)nc3c2oc2ccccc23)C[C@H]1C(=O)N[C@]1(C(=O)NS(=O)(=O)C2CC2)C[C@H]1C=C. The van der Waals surface area contributed by atoms with Crippen molar-refractivity contribution in [2.75, 3.05) is 6.54 Å². The maximum atomic E-state index is 14.8. The number of hydrogen-bond acceptors (Lipinski definition) is 11. The molecule has 62 heavy (non-hydrogen) atoms. The Balaban J connectivity index is 1.11. The van der Waals surface area contributed by atoms with E-state index in [4.69, 9.17) is 23.9 Å². The Morgan fingerprint density at radius 2 is 1.74 bits per heavy atom. The van der Waals surface area contributed by atoms with Gasteiger partial charge >= 0.3 is 6.09 Å². The molecular formula is C46H54N6O9S. The second-order valence-corrected chi connectivity index (χ2v) is 19.1. The lowest BCUT2D eigenvalue weighted by molar-refractivity contribution is -0.141. The predicted molar refractivity (Wildman–Crippen MR) is 232 cm³/mol. The van der Waals surface area contributed by atoms with Crippen LogP contribution in [-0.4, -0.2) is 88.7 Å². The molecule has 15 nitrogen and oxygen atoms in total. The predicted octanol–water partition coefficient (Wildman–Crippen LogP) is 6.54. The van der Waals surface area contributed by atoms with E-state index in [9.17, 15) is 27.6 Å². The molecule has 1 aliphatic heterocycles. The number of carbonyl (C=O) groups is 4. The Morgan fingerprint density at radius 1 is 0.984 bits per heavy atom. The smallest absolute Gasteiger partial charge is 0.408 e. The summed E-state index contributed by atoms with van der Waals surface area (Å²) < 4.78 is 46.5. The Hall–Kier alpha value is -5.77. The maximum Gasteiger partial charge on any atom is 0.408 e. The van der Waals surface area contributed by atoms with Crippen molar-refractivity contribution in [1.29, 1.82) is 0 Å². The molecule has 0 spiro atoms. The van der Waals surface area contributed by atoms with Gasteiger partial charge in [-0.15, -0.1) is 13.2 Å². The number of para-hydroxylation sites is 1. The normalized spacial score (nSPS) is 22.9. The molecule has 4 aliphatic rings. The number of allylic oxidation sites excluding steroid dienone is 1. The summed E-state index contributed by atoms with van der Waals surface area (Å²) in [5, 5.41) is 5.75. The Kier molecular flexibility index (Phi) is 12.4. The molecule has 2 aromatic heterocycles. The molecule has 4 fully saturated rings. The van der Waals surface area contributed by atoms with Crippen LogP contribution in [0.5, 0.6) is 5.88 Å². The fraction of sp³-hybridized carbons (Fsp3) is 0.478. The monoisotopic (exact) mass is 866 g/mol. The van der Waals surface area contributed by atoms with E-state index in [0.29, 0.717) is 41.8 Å². The summed E-state index contributed by atoms with van der Waals surface area (Å²) in [5.41, 5.74) is 1.61. The fourth-order valence-corrected chi connectivity index (χ4v) is 10.00. The van der Waals surface area contributed by atoms with Crippen LogP contribution in [0.1, 0.15) is 89.0 Å². The molecule has 0 bridgehead atoms. The van der Waals surface area contributed by atoms with E-state index >= 15 is 0 Å². The Morgan fingerprint density at radius 3 is 2.45 bits per heavy atom. The second kappa shape index (κ2) is 17.9. The van der Waals surface area contributed by atoms with E-state index in [1.165, 1.54) is 11.0 Å². The second-order valence-electron chi connectivity index (χ2n) is 17.1. The summed E-state index contributed by atoms with van der Waals surface area (Å²) in [6, 6.07) is 13.0. The minimum Gasteiger partial charge on any atom is -0.470 e. The van der Waals surface area contributed by atoms with Crippen LogP contribution >= 0.6 is 0 Å². The summed E-state index contributed by atoms with van der Waals surface area (Å²) in [7, 11) is -3.93. The standard InChI is InChI=1S/C46H54N6O9S/c1-4-6-7-8-9-17-35(47-45(56)60-31-14-10-11-15-31)43(54)52-27-32(25-36(52)41(53)50-46(26-30(46)5-2)44(55)51-62(57,58)33-23-24-33)59-42-39-38(34-16-12-13-18-37(34)61-39)48-40(49-42)29-21-19-28(3)20-22-29/h4-5,12-13,16,18-22,30-33,35-36H,1-2,6-11,14-15,17,23-27H2,3H3,(H,47,56)(H,50,53)(H,51,55)/t30-,32-,35+,36+,46-/m1/s1. The van der Waals surface area contributed by atoms with Gasteiger partial charge in [0, 0.05) is 23.3 Å². The van der Waals surface area contributed by atoms with Crippen LogP contribution in [0.2, 0.25) is 0 Å². The number of benzene rings is 2. The quantitative estimate of drug-likeness (QED) is 0.0725. The zero-order valence-corrected chi connectivity index (χ0v) is 35.8. The summed E-state index contributed by atoms with van der Waals surface area (Å²) in [6.07, 6.45) is 9.29. The van der Waals surface area contributed by atoms with Crippen LogP contribution in [0.25, 0.3) is 33.5 Å². The first kappa shape index (κ1) is 42.9. The van der Waals surface area contributed by atoms with Gasteiger partial charge < -0.3 is 29.4 Å². The minimum absolute atomic E-state index is 0.0292. The van der Waals surface area contributed by atoms with Crippen molar-refractivity contribution in [2.45, 2.75) is 125 Å². The zero-order valence-electron chi connectivity index (χ0n) is 35.0. The van der Waals surface area contributed by atoms with Crippen LogP contribution < -0.4 is 20.1 Å². The van der Waals surface area contributed by atoms with Gasteiger partial charge in [-0.3, -0.25) is 19.1 Å². The molecule has 8 rings (SSSR count). The van der Waals surface area contributed by atoms with Crippen molar-refractivity contribution in [3.05, 3.63) is 79.4 Å². The lowest BCUT2D eigenvalue weighted by Crippen LogP contribution is -2.58. The molecule has 4 amide bonds. The van der Waals surface area contributed by atoms with Crippen LogP contribution in [-0.2, 0) is 29.1 Å². The number of fused-ring (bicyclic) bond motifs is 3. The fourth-order valence-electron chi connectivity index (χ4n) is 8.63. The first-order valence-electron chi connectivity index (χ1n) is 21.7. The highest BCUT2D eigenvalue weighted by Gasteiger charge is 2.62. The summed E-state index contributed by atoms with van der Waals surface area (Å²) >= 11 is 0. The van der Waals surface area contributed by atoms with Gasteiger partial charge in [-0.25, -0.2) is 18.2 Å². The minimum atomic E-state index is -3.93. The average molecular weight is 867 g/mol. The van der Waals surface area contributed by atoms with Crippen molar-refractivity contribution < 1.29 is 41.5 Å². The number of ether oxygens (including phenoxy) is 2. The van der Waals surface area contributed by atoms with E-state index < -0.39 is 68.7 Å². The molecule has 0 unspecified atom stereocenters. The largest absolute Gasteiger partial charge is 0.470 e. The number of furan rings is 1. The highest BCUT2D eigenvalue weighted by molar-refractivity contribution is 7.91. The Bertz CT molecular complexity index is 2480. The number of nitrogens with one attached hydrogen (secondary N) is 3. The van der Waals surface area contributed by atoms with Gasteiger partial charge in [0.2, 0.25) is 27.4 Å². The molecular weight excluding hydrogens is 813 g/mol. The highest BCUT2D eigenvalue weighted by atomic mass is 32.2. The van der Waals surface area contributed by atoms with Gasteiger partial charge in [-0.05, 0) is 83.3 Å². The number of aryl methyl sites for hydroxylation is 1. The maximum absolute atomic E-state index is 14.8. The summed E-state index contributed by atoms with van der Waals surface area (Å²) in [4.78, 5) is 67.5. The van der Waals surface area contributed by atoms with Crippen molar-refractivity contribution in [1.82, 2.24) is 30.2 Å². The summed E-state index contributed by atoms with van der Waals surface area (Å²) in [6.45, 7) is 9.51. The number of alkyl carbamates (subject to hydrolysis) is 1. The molecule has 3 heterocycles. The number of sulfonamides is 1.